The van der Waals surface area contributed by atoms with Gasteiger partial charge < -0.3 is 5.32 Å². The Morgan fingerprint density at radius 1 is 1.04 bits per heavy atom. The summed E-state index contributed by atoms with van der Waals surface area (Å²) in [5, 5.41) is 12.7. The van der Waals surface area contributed by atoms with Gasteiger partial charge in [0.2, 0.25) is 5.91 Å². The van der Waals surface area contributed by atoms with Crippen LogP contribution in [0.1, 0.15) is 11.1 Å². The van der Waals surface area contributed by atoms with Crippen molar-refractivity contribution in [3.63, 3.8) is 0 Å². The van der Waals surface area contributed by atoms with Crippen molar-refractivity contribution in [2.24, 2.45) is 0 Å². The summed E-state index contributed by atoms with van der Waals surface area (Å²) in [6.07, 6.45) is 0. The molecular weight excluding hydrogens is 366 g/mol. The van der Waals surface area contributed by atoms with E-state index in [1.807, 2.05) is 68.4 Å². The molecule has 0 saturated heterocycles. The molecule has 0 aliphatic rings. The molecule has 2 aromatic carbocycles. The molecule has 1 amide bonds. The molecule has 0 aliphatic carbocycles. The molecule has 0 aliphatic heterocycles. The van der Waals surface area contributed by atoms with Gasteiger partial charge >= 0.3 is 0 Å². The largest absolute Gasteiger partial charge is 0.325 e. The molecule has 26 heavy (non-hydrogen) atoms. The zero-order valence-corrected chi connectivity index (χ0v) is 16.1. The van der Waals surface area contributed by atoms with E-state index in [4.69, 9.17) is 11.6 Å². The first kappa shape index (κ1) is 18.4. The highest BCUT2D eigenvalue weighted by Gasteiger charge is 2.08. The molecule has 1 N–H and O–H groups in total. The lowest BCUT2D eigenvalue weighted by molar-refractivity contribution is -0.113. The molecule has 0 atom stereocenters. The lowest BCUT2D eigenvalue weighted by Gasteiger charge is -2.09. The second kappa shape index (κ2) is 8.34. The van der Waals surface area contributed by atoms with Gasteiger partial charge in [0.15, 0.2) is 0 Å². The molecule has 3 aromatic rings. The normalized spacial score (nSPS) is 10.6. The van der Waals surface area contributed by atoms with E-state index >= 15 is 0 Å². The first-order chi connectivity index (χ1) is 12.5. The maximum Gasteiger partial charge on any atom is 0.234 e. The van der Waals surface area contributed by atoms with E-state index in [9.17, 15) is 4.79 Å². The summed E-state index contributed by atoms with van der Waals surface area (Å²) in [5.74, 6) is 0.217. The minimum Gasteiger partial charge on any atom is -0.325 e. The van der Waals surface area contributed by atoms with Crippen LogP contribution in [0.25, 0.3) is 11.3 Å². The smallest absolute Gasteiger partial charge is 0.234 e. The highest BCUT2D eigenvalue weighted by molar-refractivity contribution is 7.99. The quantitative estimate of drug-likeness (QED) is 0.619. The average molecular weight is 384 g/mol. The number of thioether (sulfide) groups is 1. The SMILES string of the molecule is Cc1ccc(C)c(NC(=O)CSc2ccc(-c3ccc(Cl)cc3)nn2)c1. The molecule has 0 unspecified atom stereocenters. The molecule has 0 radical (unpaired) electrons. The first-order valence-electron chi connectivity index (χ1n) is 8.11. The fourth-order valence-corrected chi connectivity index (χ4v) is 3.11. The van der Waals surface area contributed by atoms with E-state index < -0.39 is 0 Å². The van der Waals surface area contributed by atoms with Gasteiger partial charge in [0.05, 0.1) is 11.4 Å². The van der Waals surface area contributed by atoms with E-state index in [2.05, 4.69) is 15.5 Å². The molecule has 0 fully saturated rings. The maximum atomic E-state index is 12.2. The number of anilines is 1. The molecule has 132 valence electrons. The Morgan fingerprint density at radius 2 is 1.81 bits per heavy atom. The number of hydrogen-bond donors (Lipinski definition) is 1. The zero-order valence-electron chi connectivity index (χ0n) is 14.5. The van der Waals surface area contributed by atoms with Gasteiger partial charge in [-0.15, -0.1) is 10.2 Å². The molecule has 1 heterocycles. The van der Waals surface area contributed by atoms with Crippen molar-refractivity contribution in [3.8, 4) is 11.3 Å². The fourth-order valence-electron chi connectivity index (χ4n) is 2.37. The number of benzene rings is 2. The monoisotopic (exact) mass is 383 g/mol. The molecule has 0 saturated carbocycles. The fraction of sp³-hybridized carbons (Fsp3) is 0.150. The summed E-state index contributed by atoms with van der Waals surface area (Å²) < 4.78 is 0. The van der Waals surface area contributed by atoms with Crippen LogP contribution in [0.15, 0.2) is 59.6 Å². The number of carbonyl (C=O) groups excluding carboxylic acids is 1. The van der Waals surface area contributed by atoms with Crippen LogP contribution < -0.4 is 5.32 Å². The number of aromatic nitrogens is 2. The zero-order chi connectivity index (χ0) is 18.5. The third kappa shape index (κ3) is 4.84. The predicted octanol–water partition coefficient (Wildman–Crippen LogP) is 5.14. The molecule has 0 spiro atoms. The lowest BCUT2D eigenvalue weighted by atomic mass is 10.1. The first-order valence-corrected chi connectivity index (χ1v) is 9.47. The summed E-state index contributed by atoms with van der Waals surface area (Å²) in [6, 6.07) is 17.2. The van der Waals surface area contributed by atoms with Gasteiger partial charge in [-0.2, -0.15) is 0 Å². The van der Waals surface area contributed by atoms with Crippen molar-refractivity contribution in [3.05, 3.63) is 70.7 Å². The van der Waals surface area contributed by atoms with Crippen molar-refractivity contribution in [1.82, 2.24) is 10.2 Å². The minimum absolute atomic E-state index is 0.0627. The van der Waals surface area contributed by atoms with Crippen molar-refractivity contribution in [2.75, 3.05) is 11.1 Å². The van der Waals surface area contributed by atoms with Gasteiger partial charge in [0.1, 0.15) is 5.03 Å². The number of carbonyl (C=O) groups is 1. The highest BCUT2D eigenvalue weighted by atomic mass is 35.5. The number of amides is 1. The van der Waals surface area contributed by atoms with Crippen LogP contribution in [0, 0.1) is 13.8 Å². The van der Waals surface area contributed by atoms with Gasteiger partial charge in [0, 0.05) is 16.3 Å². The third-order valence-corrected chi connectivity index (χ3v) is 4.97. The maximum absolute atomic E-state index is 12.2. The van der Waals surface area contributed by atoms with E-state index in [1.54, 1.807) is 0 Å². The van der Waals surface area contributed by atoms with E-state index in [1.165, 1.54) is 11.8 Å². The van der Waals surface area contributed by atoms with Crippen LogP contribution in [0.2, 0.25) is 5.02 Å². The Kier molecular flexibility index (Phi) is 5.91. The number of hydrogen-bond acceptors (Lipinski definition) is 4. The second-order valence-electron chi connectivity index (χ2n) is 5.92. The second-order valence-corrected chi connectivity index (χ2v) is 7.35. The number of rotatable bonds is 5. The van der Waals surface area contributed by atoms with Crippen LogP contribution in [0.4, 0.5) is 5.69 Å². The van der Waals surface area contributed by atoms with Crippen molar-refractivity contribution in [2.45, 2.75) is 18.9 Å². The van der Waals surface area contributed by atoms with E-state index in [0.29, 0.717) is 10.0 Å². The van der Waals surface area contributed by atoms with Crippen LogP contribution in [0.3, 0.4) is 0 Å². The van der Waals surface area contributed by atoms with Gasteiger partial charge in [-0.25, -0.2) is 0 Å². The van der Waals surface area contributed by atoms with Gasteiger partial charge in [-0.1, -0.05) is 47.6 Å². The van der Waals surface area contributed by atoms with E-state index in [-0.39, 0.29) is 11.7 Å². The predicted molar refractivity (Wildman–Crippen MR) is 108 cm³/mol. The molecule has 1 aromatic heterocycles. The third-order valence-electron chi connectivity index (χ3n) is 3.80. The summed E-state index contributed by atoms with van der Waals surface area (Å²) in [5.41, 5.74) is 4.72. The minimum atomic E-state index is -0.0627. The molecule has 4 nitrogen and oxygen atoms in total. The van der Waals surface area contributed by atoms with Gasteiger partial charge in [-0.05, 0) is 55.3 Å². The van der Waals surface area contributed by atoms with Crippen molar-refractivity contribution >= 4 is 35.0 Å². The van der Waals surface area contributed by atoms with Crippen molar-refractivity contribution in [1.29, 1.82) is 0 Å². The number of nitrogens with one attached hydrogen (secondary N) is 1. The summed E-state index contributed by atoms with van der Waals surface area (Å²) in [4.78, 5) is 12.2. The molecule has 0 bridgehead atoms. The standard InChI is InChI=1S/C20H18ClN3OS/c1-13-3-4-14(2)18(11-13)22-19(25)12-26-20-10-9-17(23-24-20)15-5-7-16(21)8-6-15/h3-11H,12H2,1-2H3,(H,22,25). The highest BCUT2D eigenvalue weighted by Crippen LogP contribution is 2.22. The van der Waals surface area contributed by atoms with Crippen LogP contribution >= 0.6 is 23.4 Å². The van der Waals surface area contributed by atoms with Crippen LogP contribution in [0.5, 0.6) is 0 Å². The Bertz CT molecular complexity index is 911. The number of nitrogens with zero attached hydrogens (tertiary/aromatic N) is 2. The summed E-state index contributed by atoms with van der Waals surface area (Å²) >= 11 is 7.25. The number of aryl methyl sites for hydroxylation is 2. The molecular formula is C20H18ClN3OS. The van der Waals surface area contributed by atoms with Gasteiger partial charge in [-0.3, -0.25) is 4.79 Å². The average Bonchev–Trinajstić information content (AvgIpc) is 2.64. The Labute approximate surface area is 162 Å². The van der Waals surface area contributed by atoms with Crippen LogP contribution in [-0.4, -0.2) is 21.9 Å². The summed E-state index contributed by atoms with van der Waals surface area (Å²) in [6.45, 7) is 3.98. The molecule has 3 rings (SSSR count). The summed E-state index contributed by atoms with van der Waals surface area (Å²) in [7, 11) is 0. The van der Waals surface area contributed by atoms with Crippen LogP contribution in [-0.2, 0) is 4.79 Å². The Balaban J connectivity index is 1.58. The molecule has 6 heteroatoms. The lowest BCUT2D eigenvalue weighted by Crippen LogP contribution is -2.15. The number of halogens is 1. The van der Waals surface area contributed by atoms with Crippen molar-refractivity contribution < 1.29 is 4.79 Å². The Morgan fingerprint density at radius 3 is 2.50 bits per heavy atom. The topological polar surface area (TPSA) is 54.9 Å². The van der Waals surface area contributed by atoms with E-state index in [0.717, 1.165) is 28.1 Å². The van der Waals surface area contributed by atoms with Gasteiger partial charge in [0.25, 0.3) is 0 Å². The Hall–Kier alpha value is -2.37.